The van der Waals surface area contributed by atoms with Crippen LogP contribution in [0.15, 0.2) is 18.3 Å². The van der Waals surface area contributed by atoms with E-state index in [0.29, 0.717) is 24.3 Å². The highest BCUT2D eigenvalue weighted by Gasteiger charge is 2.21. The fourth-order valence-electron chi connectivity index (χ4n) is 2.68. The van der Waals surface area contributed by atoms with E-state index in [2.05, 4.69) is 29.0 Å². The maximum Gasteiger partial charge on any atom is 0.252 e. The van der Waals surface area contributed by atoms with Crippen molar-refractivity contribution in [2.75, 3.05) is 26.2 Å². The van der Waals surface area contributed by atoms with Crippen molar-refractivity contribution in [3.63, 3.8) is 0 Å². The Morgan fingerprint density at radius 3 is 2.71 bits per heavy atom. The van der Waals surface area contributed by atoms with Crippen molar-refractivity contribution in [2.45, 2.75) is 39.4 Å². The maximum atomic E-state index is 11.9. The lowest BCUT2D eigenvalue weighted by molar-refractivity contribution is -0.0679. The molecule has 0 aliphatic carbocycles. The van der Waals surface area contributed by atoms with Crippen LogP contribution in [0.5, 0.6) is 0 Å². The molecular weight excluding hydrogens is 266 g/mol. The average molecular weight is 291 g/mol. The molecule has 1 aliphatic heterocycles. The van der Waals surface area contributed by atoms with Crippen molar-refractivity contribution in [1.82, 2.24) is 15.2 Å². The van der Waals surface area contributed by atoms with Gasteiger partial charge in [0.15, 0.2) is 0 Å². The summed E-state index contributed by atoms with van der Waals surface area (Å²) < 4.78 is 5.71. The molecule has 0 unspecified atom stereocenters. The zero-order valence-electron chi connectivity index (χ0n) is 13.1. The first-order valence-corrected chi connectivity index (χ1v) is 7.63. The first-order valence-electron chi connectivity index (χ1n) is 7.63. The van der Waals surface area contributed by atoms with Crippen LogP contribution in [0.2, 0.25) is 0 Å². The van der Waals surface area contributed by atoms with Gasteiger partial charge in [-0.3, -0.25) is 14.7 Å². The highest BCUT2D eigenvalue weighted by atomic mass is 16.5. The van der Waals surface area contributed by atoms with Gasteiger partial charge in [0.2, 0.25) is 0 Å². The van der Waals surface area contributed by atoms with E-state index in [9.17, 15) is 4.79 Å². The summed E-state index contributed by atoms with van der Waals surface area (Å²) in [6, 6.07) is 3.66. The van der Waals surface area contributed by atoms with Gasteiger partial charge in [-0.2, -0.15) is 0 Å². The minimum Gasteiger partial charge on any atom is -0.373 e. The van der Waals surface area contributed by atoms with Gasteiger partial charge in [0, 0.05) is 38.1 Å². The third-order valence-electron chi connectivity index (χ3n) is 3.61. The summed E-state index contributed by atoms with van der Waals surface area (Å²) >= 11 is 0. The molecule has 0 radical (unpaired) electrons. The minimum absolute atomic E-state index is 0.0498. The molecule has 1 N–H and O–H groups in total. The molecular formula is C16H25N3O2. The zero-order valence-corrected chi connectivity index (χ0v) is 13.1. The highest BCUT2D eigenvalue weighted by Crippen LogP contribution is 2.10. The Labute approximate surface area is 126 Å². The molecule has 21 heavy (non-hydrogen) atoms. The fourth-order valence-corrected chi connectivity index (χ4v) is 2.68. The predicted molar refractivity (Wildman–Crippen MR) is 82.4 cm³/mol. The second kappa shape index (κ2) is 7.52. The number of hydrogen-bond donors (Lipinski definition) is 1. The summed E-state index contributed by atoms with van der Waals surface area (Å²) in [5.41, 5.74) is 1.54. The van der Waals surface area contributed by atoms with Gasteiger partial charge >= 0.3 is 0 Å². The van der Waals surface area contributed by atoms with E-state index in [-0.39, 0.29) is 5.91 Å². The van der Waals surface area contributed by atoms with Gasteiger partial charge in [-0.15, -0.1) is 0 Å². The number of nitrogens with one attached hydrogen (secondary N) is 1. The van der Waals surface area contributed by atoms with Crippen molar-refractivity contribution in [3.8, 4) is 0 Å². The normalized spacial score (nSPS) is 23.0. The first kappa shape index (κ1) is 15.9. The summed E-state index contributed by atoms with van der Waals surface area (Å²) in [6.45, 7) is 9.74. The summed E-state index contributed by atoms with van der Waals surface area (Å²) in [5, 5.41) is 2.94. The molecule has 2 rings (SSSR count). The maximum absolute atomic E-state index is 11.9. The molecule has 1 fully saturated rings. The lowest BCUT2D eigenvalue weighted by Gasteiger charge is -2.35. The van der Waals surface area contributed by atoms with Crippen molar-refractivity contribution >= 4 is 5.91 Å². The van der Waals surface area contributed by atoms with E-state index in [1.54, 1.807) is 6.20 Å². The summed E-state index contributed by atoms with van der Waals surface area (Å²) in [5.74, 6) is -0.0498. The van der Waals surface area contributed by atoms with Gasteiger partial charge in [0.25, 0.3) is 5.91 Å². The van der Waals surface area contributed by atoms with Crippen LogP contribution in [-0.4, -0.2) is 54.2 Å². The first-order chi connectivity index (χ1) is 10.0. The molecule has 0 spiro atoms. The van der Waals surface area contributed by atoms with Gasteiger partial charge in [-0.1, -0.05) is 0 Å². The fraction of sp³-hybridized carbons (Fsp3) is 0.625. The van der Waals surface area contributed by atoms with Gasteiger partial charge in [0.1, 0.15) is 0 Å². The number of rotatable bonds is 5. The van der Waals surface area contributed by atoms with Crippen LogP contribution in [0.25, 0.3) is 0 Å². The molecule has 1 saturated heterocycles. The predicted octanol–water partition coefficient (Wildman–Crippen LogP) is 1.62. The third-order valence-corrected chi connectivity index (χ3v) is 3.61. The van der Waals surface area contributed by atoms with Crippen LogP contribution in [0.1, 0.15) is 36.3 Å². The lowest BCUT2D eigenvalue weighted by Crippen LogP contribution is -2.46. The van der Waals surface area contributed by atoms with Crippen LogP contribution in [0.3, 0.4) is 0 Å². The van der Waals surface area contributed by atoms with E-state index in [1.807, 2.05) is 19.1 Å². The molecule has 1 aromatic heterocycles. The molecule has 1 aliphatic rings. The Balaban J connectivity index is 1.67. The number of nitrogens with zero attached hydrogens (tertiary/aromatic N) is 2. The molecule has 5 heteroatoms. The summed E-state index contributed by atoms with van der Waals surface area (Å²) in [7, 11) is 0. The Kier molecular flexibility index (Phi) is 5.70. The van der Waals surface area contributed by atoms with E-state index in [0.717, 1.165) is 31.7 Å². The SMILES string of the molecule is Cc1ccc(C(=O)NCCCN2C[C@@H](C)O[C@H](C)C2)cn1. The Bertz CT molecular complexity index is 451. The van der Waals surface area contributed by atoms with E-state index < -0.39 is 0 Å². The van der Waals surface area contributed by atoms with Gasteiger partial charge in [-0.05, 0) is 39.3 Å². The number of hydrogen-bond acceptors (Lipinski definition) is 4. The van der Waals surface area contributed by atoms with Crippen molar-refractivity contribution in [2.24, 2.45) is 0 Å². The molecule has 5 nitrogen and oxygen atoms in total. The summed E-state index contributed by atoms with van der Waals surface area (Å²) in [6.07, 6.45) is 3.16. The largest absolute Gasteiger partial charge is 0.373 e. The van der Waals surface area contributed by atoms with E-state index in [1.165, 1.54) is 0 Å². The van der Waals surface area contributed by atoms with Gasteiger partial charge in [0.05, 0.1) is 17.8 Å². The Morgan fingerprint density at radius 2 is 2.10 bits per heavy atom. The number of pyridine rings is 1. The number of amides is 1. The molecule has 1 aromatic rings. The second-order valence-electron chi connectivity index (χ2n) is 5.81. The molecule has 1 amide bonds. The number of morpholine rings is 1. The number of carbonyl (C=O) groups excluding carboxylic acids is 1. The third kappa shape index (κ3) is 5.10. The van der Waals surface area contributed by atoms with E-state index in [4.69, 9.17) is 4.74 Å². The zero-order chi connectivity index (χ0) is 15.2. The number of carbonyl (C=O) groups is 1. The smallest absolute Gasteiger partial charge is 0.252 e. The van der Waals surface area contributed by atoms with Crippen LogP contribution >= 0.6 is 0 Å². The monoisotopic (exact) mass is 291 g/mol. The molecule has 0 aromatic carbocycles. The van der Waals surface area contributed by atoms with Crippen molar-refractivity contribution in [3.05, 3.63) is 29.6 Å². The Morgan fingerprint density at radius 1 is 1.38 bits per heavy atom. The topological polar surface area (TPSA) is 54.5 Å². The molecule has 0 saturated carbocycles. The minimum atomic E-state index is -0.0498. The molecule has 2 heterocycles. The average Bonchev–Trinajstić information content (AvgIpc) is 2.43. The number of aromatic nitrogens is 1. The van der Waals surface area contributed by atoms with Crippen LogP contribution in [0.4, 0.5) is 0 Å². The van der Waals surface area contributed by atoms with Crippen LogP contribution in [0, 0.1) is 6.92 Å². The molecule has 116 valence electrons. The highest BCUT2D eigenvalue weighted by molar-refractivity contribution is 5.93. The second-order valence-corrected chi connectivity index (χ2v) is 5.81. The standard InChI is InChI=1S/C16H25N3O2/c1-12-5-6-15(9-18-12)16(20)17-7-4-8-19-10-13(2)21-14(3)11-19/h5-6,9,13-14H,4,7-8,10-11H2,1-3H3,(H,17,20)/t13-,14-/m1/s1. The van der Waals surface area contributed by atoms with Crippen molar-refractivity contribution < 1.29 is 9.53 Å². The van der Waals surface area contributed by atoms with Gasteiger partial charge < -0.3 is 10.1 Å². The number of aryl methyl sites for hydroxylation is 1. The lowest BCUT2D eigenvalue weighted by atomic mass is 10.2. The van der Waals surface area contributed by atoms with Crippen molar-refractivity contribution in [1.29, 1.82) is 0 Å². The molecule has 0 bridgehead atoms. The van der Waals surface area contributed by atoms with E-state index >= 15 is 0 Å². The number of ether oxygens (including phenoxy) is 1. The summed E-state index contributed by atoms with van der Waals surface area (Å²) in [4.78, 5) is 18.5. The quantitative estimate of drug-likeness (QED) is 0.838. The Hall–Kier alpha value is -1.46. The molecule has 2 atom stereocenters. The van der Waals surface area contributed by atoms with Crippen LogP contribution in [-0.2, 0) is 4.74 Å². The van der Waals surface area contributed by atoms with Crippen LogP contribution < -0.4 is 5.32 Å². The van der Waals surface area contributed by atoms with Gasteiger partial charge in [-0.25, -0.2) is 0 Å².